The highest BCUT2D eigenvalue weighted by Gasteiger charge is 2.27. The van der Waals surface area contributed by atoms with E-state index < -0.39 is 0 Å². The van der Waals surface area contributed by atoms with Crippen molar-refractivity contribution < 1.29 is 9.52 Å². The van der Waals surface area contributed by atoms with Gasteiger partial charge in [-0.1, -0.05) is 24.3 Å². The molecule has 0 aliphatic carbocycles. The fourth-order valence-corrected chi connectivity index (χ4v) is 4.16. The van der Waals surface area contributed by atoms with E-state index in [-0.39, 0.29) is 6.61 Å². The third kappa shape index (κ3) is 4.95. The highest BCUT2D eigenvalue weighted by Crippen LogP contribution is 2.21. The van der Waals surface area contributed by atoms with Crippen molar-refractivity contribution in [3.8, 4) is 11.4 Å². The minimum absolute atomic E-state index is 0.195. The zero-order valence-electron chi connectivity index (χ0n) is 17.8. The van der Waals surface area contributed by atoms with Gasteiger partial charge < -0.3 is 9.52 Å². The third-order valence-corrected chi connectivity index (χ3v) is 5.80. The molecule has 1 aliphatic heterocycles. The van der Waals surface area contributed by atoms with Gasteiger partial charge in [0.2, 0.25) is 0 Å². The third-order valence-electron chi connectivity index (χ3n) is 5.80. The number of hydrogen-bond donors (Lipinski definition) is 1. The van der Waals surface area contributed by atoms with Gasteiger partial charge in [-0.15, -0.1) is 0 Å². The molecule has 3 aromatic rings. The van der Waals surface area contributed by atoms with Crippen LogP contribution in [0.3, 0.4) is 0 Å². The molecule has 0 amide bonds. The van der Waals surface area contributed by atoms with Gasteiger partial charge in [-0.05, 0) is 38.0 Å². The van der Waals surface area contributed by atoms with Crippen molar-refractivity contribution in [2.24, 2.45) is 0 Å². The second-order valence-electron chi connectivity index (χ2n) is 8.11. The van der Waals surface area contributed by atoms with Crippen LogP contribution in [0, 0.1) is 13.8 Å². The summed E-state index contributed by atoms with van der Waals surface area (Å²) in [5, 5.41) is 9.56. The summed E-state index contributed by atoms with van der Waals surface area (Å²) in [6.45, 7) is 8.70. The number of aliphatic hydroxyl groups is 1. The molecule has 1 unspecified atom stereocenters. The number of aliphatic hydroxyl groups excluding tert-OH is 1. The molecule has 1 N–H and O–H groups in total. The second-order valence-corrected chi connectivity index (χ2v) is 8.11. The van der Waals surface area contributed by atoms with E-state index >= 15 is 0 Å². The van der Waals surface area contributed by atoms with E-state index in [2.05, 4.69) is 38.8 Å². The van der Waals surface area contributed by atoms with Gasteiger partial charge in [-0.2, -0.15) is 0 Å². The second kappa shape index (κ2) is 9.51. The molecule has 0 saturated carbocycles. The summed E-state index contributed by atoms with van der Waals surface area (Å²) in [6, 6.07) is 12.5. The summed E-state index contributed by atoms with van der Waals surface area (Å²) in [4.78, 5) is 14.1. The predicted molar refractivity (Wildman–Crippen MR) is 117 cm³/mol. The zero-order valence-corrected chi connectivity index (χ0v) is 17.8. The lowest BCUT2D eigenvalue weighted by Gasteiger charge is -2.41. The maximum atomic E-state index is 9.56. The molecule has 0 spiro atoms. The molecule has 0 bridgehead atoms. The van der Waals surface area contributed by atoms with Gasteiger partial charge >= 0.3 is 0 Å². The Morgan fingerprint density at radius 3 is 2.53 bits per heavy atom. The van der Waals surface area contributed by atoms with E-state index in [1.165, 1.54) is 5.56 Å². The lowest BCUT2D eigenvalue weighted by molar-refractivity contribution is 0.0453. The van der Waals surface area contributed by atoms with E-state index in [0.29, 0.717) is 6.04 Å². The minimum atomic E-state index is 0.195. The Kier molecular flexibility index (Phi) is 6.57. The monoisotopic (exact) mass is 406 g/mol. The first-order valence-corrected chi connectivity index (χ1v) is 10.6. The molecule has 2 aromatic heterocycles. The lowest BCUT2D eigenvalue weighted by Crippen LogP contribution is -2.52. The van der Waals surface area contributed by atoms with E-state index in [1.807, 2.05) is 43.6 Å². The van der Waals surface area contributed by atoms with Crippen LogP contribution in [0.1, 0.15) is 29.1 Å². The van der Waals surface area contributed by atoms with Gasteiger partial charge in [0, 0.05) is 62.3 Å². The van der Waals surface area contributed by atoms with Crippen molar-refractivity contribution in [1.29, 1.82) is 0 Å². The van der Waals surface area contributed by atoms with Crippen LogP contribution in [-0.4, -0.2) is 57.2 Å². The first-order chi connectivity index (χ1) is 14.6. The average Bonchev–Trinajstić information content (AvgIpc) is 3.16. The molecule has 158 valence electrons. The summed E-state index contributed by atoms with van der Waals surface area (Å²) < 4.78 is 5.76. The minimum Gasteiger partial charge on any atom is -0.465 e. The number of benzene rings is 1. The van der Waals surface area contributed by atoms with Crippen LogP contribution in [0.5, 0.6) is 0 Å². The highest BCUT2D eigenvalue weighted by atomic mass is 16.3. The lowest BCUT2D eigenvalue weighted by atomic mass is 10.1. The summed E-state index contributed by atoms with van der Waals surface area (Å²) in [6.07, 6.45) is 4.64. The Balaban J connectivity index is 1.38. The number of furan rings is 1. The molecule has 6 heteroatoms. The van der Waals surface area contributed by atoms with Gasteiger partial charge in [0.05, 0.1) is 6.54 Å². The Labute approximate surface area is 178 Å². The molecule has 0 radical (unpaired) electrons. The van der Waals surface area contributed by atoms with Gasteiger partial charge in [-0.3, -0.25) is 9.80 Å². The van der Waals surface area contributed by atoms with Crippen molar-refractivity contribution in [1.82, 2.24) is 19.8 Å². The highest BCUT2D eigenvalue weighted by molar-refractivity contribution is 5.59. The zero-order chi connectivity index (χ0) is 20.9. The van der Waals surface area contributed by atoms with Crippen molar-refractivity contribution in [3.05, 3.63) is 71.4 Å². The van der Waals surface area contributed by atoms with Crippen molar-refractivity contribution in [2.45, 2.75) is 39.4 Å². The molecule has 1 fully saturated rings. The summed E-state index contributed by atoms with van der Waals surface area (Å²) in [5.74, 6) is 2.70. The summed E-state index contributed by atoms with van der Waals surface area (Å²) >= 11 is 0. The fraction of sp³-hybridized carbons (Fsp3) is 0.417. The fourth-order valence-electron chi connectivity index (χ4n) is 4.16. The number of aromatic nitrogens is 2. The topological polar surface area (TPSA) is 65.6 Å². The van der Waals surface area contributed by atoms with Crippen molar-refractivity contribution in [2.75, 3.05) is 26.2 Å². The van der Waals surface area contributed by atoms with Crippen molar-refractivity contribution in [3.63, 3.8) is 0 Å². The molecule has 6 nitrogen and oxygen atoms in total. The molecule has 1 aliphatic rings. The first-order valence-electron chi connectivity index (χ1n) is 10.6. The van der Waals surface area contributed by atoms with E-state index in [9.17, 15) is 5.11 Å². The van der Waals surface area contributed by atoms with Crippen LogP contribution in [0.25, 0.3) is 11.4 Å². The van der Waals surface area contributed by atoms with Gasteiger partial charge in [0.15, 0.2) is 5.82 Å². The molecule has 4 rings (SSSR count). The SMILES string of the molecule is Cc1ccc(CN2CCN(Cc3cnc(-c4ccccc4C)nc3)CC2CCO)o1. The van der Waals surface area contributed by atoms with E-state index in [4.69, 9.17) is 4.42 Å². The smallest absolute Gasteiger partial charge is 0.159 e. The molecular formula is C24H30N4O2. The predicted octanol–water partition coefficient (Wildman–Crippen LogP) is 3.42. The maximum absolute atomic E-state index is 9.56. The van der Waals surface area contributed by atoms with Crippen LogP contribution in [0.15, 0.2) is 53.2 Å². The Bertz CT molecular complexity index is 954. The molecule has 1 atom stereocenters. The first kappa shape index (κ1) is 20.7. The average molecular weight is 407 g/mol. The molecule has 30 heavy (non-hydrogen) atoms. The summed E-state index contributed by atoms with van der Waals surface area (Å²) in [7, 11) is 0. The van der Waals surface area contributed by atoms with Gasteiger partial charge in [0.25, 0.3) is 0 Å². The van der Waals surface area contributed by atoms with Gasteiger partial charge in [0.1, 0.15) is 11.5 Å². The normalized spacial score (nSPS) is 18.0. The van der Waals surface area contributed by atoms with Crippen LogP contribution in [0.2, 0.25) is 0 Å². The standard InChI is InChI=1S/C24H30N4O2/c1-18-5-3-4-6-23(18)24-25-13-20(14-26-24)15-27-10-11-28(21(16-27)9-12-29)17-22-8-7-19(2)30-22/h3-8,13-14,21,29H,9-12,15-17H2,1-2H3. The number of piperazine rings is 1. The molecule has 1 aromatic carbocycles. The number of aryl methyl sites for hydroxylation is 2. The summed E-state index contributed by atoms with van der Waals surface area (Å²) in [5.41, 5.74) is 3.37. The Hall–Kier alpha value is -2.54. The van der Waals surface area contributed by atoms with Crippen LogP contribution in [-0.2, 0) is 13.1 Å². The number of rotatable bonds is 7. The van der Waals surface area contributed by atoms with Crippen molar-refractivity contribution >= 4 is 0 Å². The van der Waals surface area contributed by atoms with Crippen LogP contribution < -0.4 is 0 Å². The quantitative estimate of drug-likeness (QED) is 0.649. The van der Waals surface area contributed by atoms with Crippen LogP contribution in [0.4, 0.5) is 0 Å². The number of nitrogens with zero attached hydrogens (tertiary/aromatic N) is 4. The molecule has 3 heterocycles. The largest absolute Gasteiger partial charge is 0.465 e. The van der Waals surface area contributed by atoms with E-state index in [0.717, 1.165) is 67.6 Å². The number of hydrogen-bond acceptors (Lipinski definition) is 6. The van der Waals surface area contributed by atoms with Gasteiger partial charge in [-0.25, -0.2) is 9.97 Å². The van der Waals surface area contributed by atoms with Crippen LogP contribution >= 0.6 is 0 Å². The Morgan fingerprint density at radius 2 is 1.83 bits per heavy atom. The maximum Gasteiger partial charge on any atom is 0.159 e. The van der Waals surface area contributed by atoms with E-state index in [1.54, 1.807) is 0 Å². The molecular weight excluding hydrogens is 376 g/mol. The Morgan fingerprint density at radius 1 is 1.03 bits per heavy atom. The molecule has 1 saturated heterocycles.